The molecule has 68 valence electrons. The fourth-order valence-corrected chi connectivity index (χ4v) is 2.04. The van der Waals surface area contributed by atoms with E-state index in [-0.39, 0.29) is 6.61 Å². The molecule has 2 heterocycles. The Morgan fingerprint density at radius 3 is 3.08 bits per heavy atom. The maximum absolute atomic E-state index is 8.98. The number of aliphatic hydroxyl groups excluding tert-OH is 1. The highest BCUT2D eigenvalue weighted by atomic mass is 32.1. The molecule has 2 aromatic rings. The first-order valence-electron chi connectivity index (χ1n) is 3.91. The van der Waals surface area contributed by atoms with E-state index in [1.807, 2.05) is 18.4 Å². The SMILES string of the molecule is Cc1csc(-c2oncc2CO)c1. The number of hydrogen-bond donors (Lipinski definition) is 1. The fraction of sp³-hybridized carbons (Fsp3) is 0.222. The molecule has 0 unspecified atom stereocenters. The van der Waals surface area contributed by atoms with E-state index in [2.05, 4.69) is 5.16 Å². The molecule has 0 aromatic carbocycles. The number of thiophene rings is 1. The van der Waals surface area contributed by atoms with E-state index < -0.39 is 0 Å². The van der Waals surface area contributed by atoms with Gasteiger partial charge in [0.25, 0.3) is 0 Å². The third-order valence-corrected chi connectivity index (χ3v) is 2.82. The van der Waals surface area contributed by atoms with Crippen LogP contribution in [-0.2, 0) is 6.61 Å². The molecule has 1 N–H and O–H groups in total. The quantitative estimate of drug-likeness (QED) is 0.799. The summed E-state index contributed by atoms with van der Waals surface area (Å²) in [6.45, 7) is 1.99. The van der Waals surface area contributed by atoms with Gasteiger partial charge in [-0.05, 0) is 23.9 Å². The lowest BCUT2D eigenvalue weighted by atomic mass is 10.2. The second-order valence-corrected chi connectivity index (χ2v) is 3.74. The third-order valence-electron chi connectivity index (χ3n) is 1.77. The van der Waals surface area contributed by atoms with Crippen LogP contribution in [0.25, 0.3) is 10.6 Å². The topological polar surface area (TPSA) is 46.3 Å². The summed E-state index contributed by atoms with van der Waals surface area (Å²) in [5, 5.41) is 14.7. The third kappa shape index (κ3) is 1.50. The molecule has 4 heteroatoms. The van der Waals surface area contributed by atoms with Crippen LogP contribution in [0, 0.1) is 6.92 Å². The van der Waals surface area contributed by atoms with Gasteiger partial charge in [0.15, 0.2) is 5.76 Å². The maximum Gasteiger partial charge on any atom is 0.182 e. The number of aromatic nitrogens is 1. The van der Waals surface area contributed by atoms with Crippen LogP contribution in [0.15, 0.2) is 22.2 Å². The molecule has 0 aliphatic rings. The minimum Gasteiger partial charge on any atom is -0.391 e. The van der Waals surface area contributed by atoms with Gasteiger partial charge in [-0.15, -0.1) is 11.3 Å². The molecule has 13 heavy (non-hydrogen) atoms. The summed E-state index contributed by atoms with van der Waals surface area (Å²) in [6, 6.07) is 2.02. The largest absolute Gasteiger partial charge is 0.391 e. The van der Waals surface area contributed by atoms with Crippen molar-refractivity contribution >= 4 is 11.3 Å². The summed E-state index contributed by atoms with van der Waals surface area (Å²) in [5.41, 5.74) is 1.93. The van der Waals surface area contributed by atoms with Gasteiger partial charge in [0.1, 0.15) is 0 Å². The van der Waals surface area contributed by atoms with Crippen LogP contribution in [0.5, 0.6) is 0 Å². The van der Waals surface area contributed by atoms with Crippen LogP contribution in [0.3, 0.4) is 0 Å². The second-order valence-electron chi connectivity index (χ2n) is 2.83. The summed E-state index contributed by atoms with van der Waals surface area (Å²) >= 11 is 1.59. The summed E-state index contributed by atoms with van der Waals surface area (Å²) in [6.07, 6.45) is 1.55. The Kier molecular flexibility index (Phi) is 2.16. The summed E-state index contributed by atoms with van der Waals surface area (Å²) in [7, 11) is 0. The Bertz CT molecular complexity index is 405. The first-order chi connectivity index (χ1) is 6.31. The molecule has 0 spiro atoms. The van der Waals surface area contributed by atoms with E-state index in [0.717, 1.165) is 10.4 Å². The van der Waals surface area contributed by atoms with Crippen LogP contribution in [-0.4, -0.2) is 10.3 Å². The molecule has 0 aliphatic heterocycles. The summed E-state index contributed by atoms with van der Waals surface area (Å²) in [5.74, 6) is 0.681. The van der Waals surface area contributed by atoms with Crippen LogP contribution in [0.2, 0.25) is 0 Å². The molecular formula is C9H9NO2S. The van der Waals surface area contributed by atoms with Crippen LogP contribution in [0.1, 0.15) is 11.1 Å². The van der Waals surface area contributed by atoms with Gasteiger partial charge < -0.3 is 9.63 Å². The fourth-order valence-electron chi connectivity index (χ4n) is 1.13. The number of hydrogen-bond acceptors (Lipinski definition) is 4. The van der Waals surface area contributed by atoms with Crippen LogP contribution < -0.4 is 0 Å². The minimum absolute atomic E-state index is 0.0320. The average Bonchev–Trinajstić information content (AvgIpc) is 2.71. The molecule has 0 fully saturated rings. The van der Waals surface area contributed by atoms with Gasteiger partial charge in [-0.2, -0.15) is 0 Å². The molecular weight excluding hydrogens is 186 g/mol. The van der Waals surface area contributed by atoms with Gasteiger partial charge in [0.2, 0.25) is 0 Å². The van der Waals surface area contributed by atoms with E-state index in [1.165, 1.54) is 5.56 Å². The lowest BCUT2D eigenvalue weighted by molar-refractivity contribution is 0.281. The van der Waals surface area contributed by atoms with E-state index in [0.29, 0.717) is 5.76 Å². The van der Waals surface area contributed by atoms with Gasteiger partial charge >= 0.3 is 0 Å². The summed E-state index contributed by atoms with van der Waals surface area (Å²) in [4.78, 5) is 1.01. The number of nitrogens with zero attached hydrogens (tertiary/aromatic N) is 1. The Hall–Kier alpha value is -1.13. The van der Waals surface area contributed by atoms with Crippen molar-refractivity contribution in [1.82, 2.24) is 5.16 Å². The zero-order valence-corrected chi connectivity index (χ0v) is 7.97. The standard InChI is InChI=1S/C9H9NO2S/c1-6-2-8(13-5-6)9-7(4-11)3-10-12-9/h2-3,5,11H,4H2,1H3. The molecule has 0 radical (unpaired) electrons. The van der Waals surface area contributed by atoms with Gasteiger partial charge in [-0.3, -0.25) is 0 Å². The molecule has 0 atom stereocenters. The Labute approximate surface area is 79.6 Å². The van der Waals surface area contributed by atoms with Crippen molar-refractivity contribution in [3.63, 3.8) is 0 Å². The Balaban J connectivity index is 2.45. The van der Waals surface area contributed by atoms with Crippen molar-refractivity contribution in [2.24, 2.45) is 0 Å². The van der Waals surface area contributed by atoms with Crippen molar-refractivity contribution in [1.29, 1.82) is 0 Å². The van der Waals surface area contributed by atoms with Gasteiger partial charge in [-0.25, -0.2) is 0 Å². The predicted octanol–water partition coefficient (Wildman–Crippen LogP) is 2.20. The van der Waals surface area contributed by atoms with Crippen molar-refractivity contribution in [3.05, 3.63) is 28.8 Å². The Morgan fingerprint density at radius 2 is 2.46 bits per heavy atom. The number of aryl methyl sites for hydroxylation is 1. The maximum atomic E-state index is 8.98. The molecule has 0 aliphatic carbocycles. The van der Waals surface area contributed by atoms with E-state index in [9.17, 15) is 0 Å². The zero-order valence-electron chi connectivity index (χ0n) is 7.15. The van der Waals surface area contributed by atoms with Gasteiger partial charge in [-0.1, -0.05) is 5.16 Å². The van der Waals surface area contributed by atoms with Crippen molar-refractivity contribution in [2.45, 2.75) is 13.5 Å². The highest BCUT2D eigenvalue weighted by Gasteiger charge is 2.10. The molecule has 0 amide bonds. The number of rotatable bonds is 2. The molecule has 0 saturated heterocycles. The second kappa shape index (κ2) is 3.32. The first-order valence-corrected chi connectivity index (χ1v) is 4.79. The lowest BCUT2D eigenvalue weighted by Crippen LogP contribution is -1.80. The predicted molar refractivity (Wildman–Crippen MR) is 50.5 cm³/mol. The van der Waals surface area contributed by atoms with Crippen molar-refractivity contribution in [2.75, 3.05) is 0 Å². The van der Waals surface area contributed by atoms with Crippen LogP contribution >= 0.6 is 11.3 Å². The van der Waals surface area contributed by atoms with Crippen molar-refractivity contribution in [3.8, 4) is 10.6 Å². The summed E-state index contributed by atoms with van der Waals surface area (Å²) < 4.78 is 5.06. The van der Waals surface area contributed by atoms with E-state index in [4.69, 9.17) is 9.63 Å². The molecule has 3 nitrogen and oxygen atoms in total. The first kappa shape index (κ1) is 8.47. The highest BCUT2D eigenvalue weighted by molar-refractivity contribution is 7.13. The molecule has 2 aromatic heterocycles. The number of aliphatic hydroxyl groups is 1. The smallest absolute Gasteiger partial charge is 0.182 e. The Morgan fingerprint density at radius 1 is 1.62 bits per heavy atom. The van der Waals surface area contributed by atoms with Crippen LogP contribution in [0.4, 0.5) is 0 Å². The zero-order chi connectivity index (χ0) is 9.26. The lowest BCUT2D eigenvalue weighted by Gasteiger charge is -1.91. The molecule has 0 bridgehead atoms. The molecule has 2 rings (SSSR count). The van der Waals surface area contributed by atoms with Gasteiger partial charge in [0, 0.05) is 5.56 Å². The normalized spacial score (nSPS) is 10.6. The van der Waals surface area contributed by atoms with Crippen molar-refractivity contribution < 1.29 is 9.63 Å². The molecule has 0 saturated carbocycles. The van der Waals surface area contributed by atoms with E-state index in [1.54, 1.807) is 17.5 Å². The monoisotopic (exact) mass is 195 g/mol. The average molecular weight is 195 g/mol. The minimum atomic E-state index is -0.0320. The van der Waals surface area contributed by atoms with Gasteiger partial charge in [0.05, 0.1) is 17.7 Å². The van der Waals surface area contributed by atoms with E-state index >= 15 is 0 Å². The highest BCUT2D eigenvalue weighted by Crippen LogP contribution is 2.29.